The molecule has 1 aromatic heterocycles. The third-order valence-corrected chi connectivity index (χ3v) is 4.82. The lowest BCUT2D eigenvalue weighted by Gasteiger charge is -2.47. The molecule has 1 fully saturated rings. The first-order chi connectivity index (χ1) is 11.5. The highest BCUT2D eigenvalue weighted by atomic mass is 16.3. The summed E-state index contributed by atoms with van der Waals surface area (Å²) in [6.45, 7) is 1.01. The van der Waals surface area contributed by atoms with Gasteiger partial charge in [0.15, 0.2) is 0 Å². The summed E-state index contributed by atoms with van der Waals surface area (Å²) in [4.78, 5) is 20.5. The molecule has 5 heteroatoms. The zero-order valence-electron chi connectivity index (χ0n) is 14.1. The third-order valence-electron chi connectivity index (χ3n) is 4.82. The van der Waals surface area contributed by atoms with E-state index in [0.717, 1.165) is 5.56 Å². The number of aromatic nitrogens is 1. The van der Waals surface area contributed by atoms with Crippen molar-refractivity contribution in [2.24, 2.45) is 0 Å². The summed E-state index contributed by atoms with van der Waals surface area (Å²) < 4.78 is 0. The van der Waals surface area contributed by atoms with Crippen molar-refractivity contribution >= 4 is 5.91 Å². The zero-order chi connectivity index (χ0) is 17.2. The zero-order valence-corrected chi connectivity index (χ0v) is 14.1. The van der Waals surface area contributed by atoms with Gasteiger partial charge in [-0.3, -0.25) is 9.78 Å². The quantitative estimate of drug-likeness (QED) is 0.934. The normalized spacial score (nSPS) is 24.2. The van der Waals surface area contributed by atoms with Gasteiger partial charge in [-0.2, -0.15) is 0 Å². The van der Waals surface area contributed by atoms with Crippen molar-refractivity contribution < 1.29 is 9.90 Å². The molecule has 2 aromatic rings. The maximum atomic E-state index is 12.7. The fourth-order valence-electron chi connectivity index (χ4n) is 3.44. The summed E-state index contributed by atoms with van der Waals surface area (Å²) in [6.07, 6.45) is 3.76. The number of likely N-dealkylation sites (N-methyl/N-ethyl adjacent to an activating group) is 1. The van der Waals surface area contributed by atoms with Gasteiger partial charge in [-0.25, -0.2) is 0 Å². The Bertz CT molecular complexity index is 690. The van der Waals surface area contributed by atoms with E-state index in [1.165, 1.54) is 0 Å². The third kappa shape index (κ3) is 3.05. The minimum absolute atomic E-state index is 0.0145. The fourth-order valence-corrected chi connectivity index (χ4v) is 3.44. The molecule has 126 valence electrons. The first kappa shape index (κ1) is 16.6. The molecule has 1 N–H and O–H groups in total. The molecule has 0 spiro atoms. The first-order valence-corrected chi connectivity index (χ1v) is 8.16. The van der Waals surface area contributed by atoms with Crippen LogP contribution >= 0.6 is 0 Å². The van der Waals surface area contributed by atoms with Crippen molar-refractivity contribution in [1.82, 2.24) is 14.8 Å². The molecule has 0 aliphatic carbocycles. The van der Waals surface area contributed by atoms with Crippen LogP contribution in [-0.2, 0) is 5.60 Å². The van der Waals surface area contributed by atoms with Gasteiger partial charge in [-0.15, -0.1) is 0 Å². The molecule has 0 saturated carbocycles. The van der Waals surface area contributed by atoms with Crippen LogP contribution in [0.5, 0.6) is 0 Å². The molecule has 1 unspecified atom stereocenters. The van der Waals surface area contributed by atoms with E-state index in [2.05, 4.69) is 4.98 Å². The molecule has 3 rings (SSSR count). The SMILES string of the molecule is CN(C)[C@@H]1CN(C(=O)c2ccncc2)CCC1(O)c1ccccc1. The maximum absolute atomic E-state index is 12.7. The van der Waals surface area contributed by atoms with Crippen LogP contribution < -0.4 is 0 Å². The molecule has 1 aliphatic rings. The summed E-state index contributed by atoms with van der Waals surface area (Å²) >= 11 is 0. The Kier molecular flexibility index (Phi) is 4.64. The number of rotatable bonds is 3. The van der Waals surface area contributed by atoms with Crippen molar-refractivity contribution in [3.05, 3.63) is 66.0 Å². The topological polar surface area (TPSA) is 56.7 Å². The number of nitrogens with zero attached hydrogens (tertiary/aromatic N) is 3. The molecule has 1 aromatic carbocycles. The van der Waals surface area contributed by atoms with Crippen LogP contribution in [0.25, 0.3) is 0 Å². The number of amides is 1. The molecular formula is C19H23N3O2. The Labute approximate surface area is 142 Å². The van der Waals surface area contributed by atoms with Crippen molar-refractivity contribution in [2.75, 3.05) is 27.2 Å². The van der Waals surface area contributed by atoms with Crippen LogP contribution in [0, 0.1) is 0 Å². The van der Waals surface area contributed by atoms with Gasteiger partial charge in [0.05, 0.1) is 6.04 Å². The Hall–Kier alpha value is -2.24. The Balaban J connectivity index is 1.85. The van der Waals surface area contributed by atoms with Gasteiger partial charge in [0.2, 0.25) is 0 Å². The highest BCUT2D eigenvalue weighted by Crippen LogP contribution is 2.35. The molecule has 0 bridgehead atoms. The smallest absolute Gasteiger partial charge is 0.254 e. The van der Waals surface area contributed by atoms with Crippen molar-refractivity contribution in [1.29, 1.82) is 0 Å². The Morgan fingerprint density at radius 1 is 1.21 bits per heavy atom. The summed E-state index contributed by atoms with van der Waals surface area (Å²) in [7, 11) is 3.89. The number of benzene rings is 1. The summed E-state index contributed by atoms with van der Waals surface area (Å²) in [6, 6.07) is 13.0. The number of pyridine rings is 1. The highest BCUT2D eigenvalue weighted by molar-refractivity contribution is 5.94. The molecule has 24 heavy (non-hydrogen) atoms. The van der Waals surface area contributed by atoms with Gasteiger partial charge >= 0.3 is 0 Å². The van der Waals surface area contributed by atoms with Crippen LogP contribution in [0.1, 0.15) is 22.3 Å². The number of hydrogen-bond acceptors (Lipinski definition) is 4. The van der Waals surface area contributed by atoms with Crippen LogP contribution in [0.15, 0.2) is 54.9 Å². The minimum Gasteiger partial charge on any atom is -0.383 e. The standard InChI is InChI=1S/C19H23N3O2/c1-21(2)17-14-22(18(23)15-8-11-20-12-9-15)13-10-19(17,24)16-6-4-3-5-7-16/h3-9,11-12,17,24H,10,13-14H2,1-2H3/t17-,19?/m1/s1. The lowest BCUT2D eigenvalue weighted by atomic mass is 9.79. The summed E-state index contributed by atoms with van der Waals surface area (Å²) in [5.41, 5.74) is 0.576. The Morgan fingerprint density at radius 2 is 1.88 bits per heavy atom. The molecule has 0 radical (unpaired) electrons. The first-order valence-electron chi connectivity index (χ1n) is 8.16. The van der Waals surface area contributed by atoms with Gasteiger partial charge in [-0.05, 0) is 38.2 Å². The monoisotopic (exact) mass is 325 g/mol. The maximum Gasteiger partial charge on any atom is 0.254 e. The number of carbonyl (C=O) groups excluding carboxylic acids is 1. The average Bonchev–Trinajstić information content (AvgIpc) is 2.63. The highest BCUT2D eigenvalue weighted by Gasteiger charge is 2.45. The van der Waals surface area contributed by atoms with E-state index < -0.39 is 5.60 Å². The van der Waals surface area contributed by atoms with E-state index >= 15 is 0 Å². The number of carbonyl (C=O) groups is 1. The number of piperidine rings is 1. The average molecular weight is 325 g/mol. The van der Waals surface area contributed by atoms with E-state index in [-0.39, 0.29) is 11.9 Å². The summed E-state index contributed by atoms with van der Waals surface area (Å²) in [5, 5.41) is 11.4. The van der Waals surface area contributed by atoms with Crippen LogP contribution in [0.4, 0.5) is 0 Å². The van der Waals surface area contributed by atoms with Crippen molar-refractivity contribution in [3.63, 3.8) is 0 Å². The van der Waals surface area contributed by atoms with Gasteiger partial charge in [-0.1, -0.05) is 30.3 Å². The number of aliphatic hydroxyl groups is 1. The van der Waals surface area contributed by atoms with E-state index in [4.69, 9.17) is 0 Å². The molecular weight excluding hydrogens is 302 g/mol. The van der Waals surface area contributed by atoms with E-state index in [1.807, 2.05) is 54.2 Å². The van der Waals surface area contributed by atoms with Gasteiger partial charge in [0.25, 0.3) is 5.91 Å². The molecule has 1 amide bonds. The lowest BCUT2D eigenvalue weighted by Crippen LogP contribution is -2.60. The predicted molar refractivity (Wildman–Crippen MR) is 92.6 cm³/mol. The van der Waals surface area contributed by atoms with E-state index in [1.54, 1.807) is 24.5 Å². The summed E-state index contributed by atoms with van der Waals surface area (Å²) in [5.74, 6) is -0.0145. The molecule has 5 nitrogen and oxygen atoms in total. The van der Waals surface area contributed by atoms with Crippen molar-refractivity contribution in [3.8, 4) is 0 Å². The van der Waals surface area contributed by atoms with Crippen LogP contribution in [0.2, 0.25) is 0 Å². The second-order valence-corrected chi connectivity index (χ2v) is 6.51. The molecule has 1 aliphatic heterocycles. The van der Waals surface area contributed by atoms with Gasteiger partial charge in [0, 0.05) is 31.0 Å². The second-order valence-electron chi connectivity index (χ2n) is 6.51. The minimum atomic E-state index is -0.959. The fraction of sp³-hybridized carbons (Fsp3) is 0.368. The molecule has 1 saturated heterocycles. The van der Waals surface area contributed by atoms with Gasteiger partial charge < -0.3 is 14.9 Å². The van der Waals surface area contributed by atoms with E-state index in [0.29, 0.717) is 25.1 Å². The van der Waals surface area contributed by atoms with Crippen molar-refractivity contribution in [2.45, 2.75) is 18.1 Å². The van der Waals surface area contributed by atoms with Crippen LogP contribution in [0.3, 0.4) is 0 Å². The predicted octanol–water partition coefficient (Wildman–Crippen LogP) is 1.75. The molecule has 2 heterocycles. The molecule has 2 atom stereocenters. The van der Waals surface area contributed by atoms with Gasteiger partial charge in [0.1, 0.15) is 5.60 Å². The largest absolute Gasteiger partial charge is 0.383 e. The Morgan fingerprint density at radius 3 is 2.50 bits per heavy atom. The van der Waals surface area contributed by atoms with E-state index in [9.17, 15) is 9.90 Å². The van der Waals surface area contributed by atoms with Crippen LogP contribution in [-0.4, -0.2) is 59.0 Å². The lowest BCUT2D eigenvalue weighted by molar-refractivity contribution is -0.0810. The second kappa shape index (κ2) is 6.71. The number of likely N-dealkylation sites (tertiary alicyclic amines) is 1. The number of hydrogen-bond donors (Lipinski definition) is 1.